The molecule has 86 valence electrons. The first-order valence-corrected chi connectivity index (χ1v) is 5.97. The summed E-state index contributed by atoms with van der Waals surface area (Å²) in [6.07, 6.45) is 0.618. The molecule has 0 radical (unpaired) electrons. The summed E-state index contributed by atoms with van der Waals surface area (Å²) in [4.78, 5) is 1.28. The molecule has 16 heavy (non-hydrogen) atoms. The Kier molecular flexibility index (Phi) is 3.53. The Morgan fingerprint density at radius 1 is 1.50 bits per heavy atom. The van der Waals surface area contributed by atoms with Crippen LogP contribution in [0.1, 0.15) is 16.3 Å². The van der Waals surface area contributed by atoms with E-state index in [0.717, 1.165) is 0 Å². The lowest BCUT2D eigenvalue weighted by atomic mass is 10.3. The molecule has 2 aromatic heterocycles. The highest BCUT2D eigenvalue weighted by atomic mass is 32.1. The quantitative estimate of drug-likeness (QED) is 0.826. The minimum absolute atomic E-state index is 0.455. The minimum Gasteiger partial charge on any atom is -0.408 e. The lowest BCUT2D eigenvalue weighted by Crippen LogP contribution is -2.02. The molecule has 0 unspecified atom stereocenters. The normalized spacial score (nSPS) is 10.6. The van der Waals surface area contributed by atoms with E-state index in [2.05, 4.69) is 33.9 Å². The van der Waals surface area contributed by atoms with Crippen LogP contribution in [-0.2, 0) is 13.0 Å². The maximum absolute atomic E-state index is 5.39. The van der Waals surface area contributed by atoms with Crippen LogP contribution < -0.4 is 11.1 Å². The predicted octanol–water partition coefficient (Wildman–Crippen LogP) is 1.55. The van der Waals surface area contributed by atoms with E-state index in [1.54, 1.807) is 11.3 Å². The fourth-order valence-electron chi connectivity index (χ4n) is 1.29. The molecule has 0 saturated heterocycles. The van der Waals surface area contributed by atoms with Crippen molar-refractivity contribution in [2.45, 2.75) is 19.9 Å². The van der Waals surface area contributed by atoms with E-state index in [1.807, 2.05) is 0 Å². The molecule has 0 amide bonds. The predicted molar refractivity (Wildman–Crippen MR) is 63.4 cm³/mol. The first kappa shape index (κ1) is 11.1. The van der Waals surface area contributed by atoms with Crippen LogP contribution in [0, 0.1) is 6.92 Å². The lowest BCUT2D eigenvalue weighted by molar-refractivity contribution is 0.506. The number of hydrogen-bond acceptors (Lipinski definition) is 6. The number of thiophene rings is 1. The molecule has 0 aliphatic carbocycles. The zero-order valence-electron chi connectivity index (χ0n) is 9.06. The third-order valence-corrected chi connectivity index (χ3v) is 3.22. The molecule has 0 bridgehead atoms. The maximum atomic E-state index is 5.39. The molecule has 2 heterocycles. The third kappa shape index (κ3) is 2.59. The third-order valence-electron chi connectivity index (χ3n) is 2.19. The second-order valence-corrected chi connectivity index (χ2v) is 4.42. The number of anilines is 1. The van der Waals surface area contributed by atoms with Crippen molar-refractivity contribution in [2.75, 3.05) is 11.9 Å². The molecule has 3 N–H and O–H groups in total. The van der Waals surface area contributed by atoms with Gasteiger partial charge in [0.25, 0.3) is 0 Å². The highest BCUT2D eigenvalue weighted by Gasteiger charge is 2.05. The van der Waals surface area contributed by atoms with E-state index in [-0.39, 0.29) is 0 Å². The summed E-state index contributed by atoms with van der Waals surface area (Å²) < 4.78 is 5.35. The Hall–Kier alpha value is -1.40. The maximum Gasteiger partial charge on any atom is 0.315 e. The molecule has 0 aromatic carbocycles. The summed E-state index contributed by atoms with van der Waals surface area (Å²) >= 11 is 1.71. The summed E-state index contributed by atoms with van der Waals surface area (Å²) in [5.41, 5.74) is 6.67. The zero-order valence-corrected chi connectivity index (χ0v) is 9.88. The average molecular weight is 238 g/mol. The Morgan fingerprint density at radius 2 is 2.38 bits per heavy atom. The molecular weight excluding hydrogens is 224 g/mol. The highest BCUT2D eigenvalue weighted by molar-refractivity contribution is 7.10. The summed E-state index contributed by atoms with van der Waals surface area (Å²) in [7, 11) is 0. The molecular formula is C10H14N4OS. The lowest BCUT2D eigenvalue weighted by Gasteiger charge is -1.99. The second-order valence-electron chi connectivity index (χ2n) is 3.42. The molecule has 2 aromatic rings. The first-order chi connectivity index (χ1) is 7.79. The van der Waals surface area contributed by atoms with Gasteiger partial charge < -0.3 is 15.5 Å². The van der Waals surface area contributed by atoms with Crippen LogP contribution in [-0.4, -0.2) is 16.7 Å². The van der Waals surface area contributed by atoms with Gasteiger partial charge in [0.1, 0.15) is 0 Å². The SMILES string of the molecule is Cc1ccsc1CNc1nnc(CCN)o1. The van der Waals surface area contributed by atoms with Gasteiger partial charge >= 0.3 is 6.01 Å². The van der Waals surface area contributed by atoms with Gasteiger partial charge in [0.15, 0.2) is 0 Å². The molecule has 6 heteroatoms. The van der Waals surface area contributed by atoms with E-state index in [4.69, 9.17) is 10.2 Å². The number of aryl methyl sites for hydroxylation is 1. The van der Waals surface area contributed by atoms with Gasteiger partial charge in [-0.25, -0.2) is 0 Å². The van der Waals surface area contributed by atoms with Crippen molar-refractivity contribution >= 4 is 17.4 Å². The standard InChI is InChI=1S/C10H14N4OS/c1-7-3-5-16-8(7)6-12-10-14-13-9(15-10)2-4-11/h3,5H,2,4,6,11H2,1H3,(H,12,14). The monoisotopic (exact) mass is 238 g/mol. The molecule has 0 aliphatic rings. The minimum atomic E-state index is 0.455. The van der Waals surface area contributed by atoms with Crippen molar-refractivity contribution < 1.29 is 4.42 Å². The number of nitrogens with one attached hydrogen (secondary N) is 1. The van der Waals surface area contributed by atoms with Gasteiger partial charge in [-0.1, -0.05) is 5.10 Å². The van der Waals surface area contributed by atoms with Gasteiger partial charge in [-0.3, -0.25) is 0 Å². The van der Waals surface area contributed by atoms with Crippen molar-refractivity contribution in [3.05, 3.63) is 27.8 Å². The topological polar surface area (TPSA) is 77.0 Å². The van der Waals surface area contributed by atoms with Crippen LogP contribution in [0.2, 0.25) is 0 Å². The fraction of sp³-hybridized carbons (Fsp3) is 0.400. The number of hydrogen-bond donors (Lipinski definition) is 2. The Labute approximate surface area is 97.7 Å². The van der Waals surface area contributed by atoms with Gasteiger partial charge in [-0.15, -0.1) is 16.4 Å². The van der Waals surface area contributed by atoms with Gasteiger partial charge in [0.2, 0.25) is 5.89 Å². The average Bonchev–Trinajstić information content (AvgIpc) is 2.86. The van der Waals surface area contributed by atoms with E-state index in [9.17, 15) is 0 Å². The van der Waals surface area contributed by atoms with Crippen molar-refractivity contribution in [3.63, 3.8) is 0 Å². The van der Waals surface area contributed by atoms with Crippen molar-refractivity contribution in [1.29, 1.82) is 0 Å². The van der Waals surface area contributed by atoms with E-state index < -0.39 is 0 Å². The molecule has 2 rings (SSSR count). The number of rotatable bonds is 5. The molecule has 0 spiro atoms. The van der Waals surface area contributed by atoms with E-state index in [0.29, 0.717) is 31.4 Å². The summed E-state index contributed by atoms with van der Waals surface area (Å²) in [5, 5.41) is 12.9. The summed E-state index contributed by atoms with van der Waals surface area (Å²) in [6, 6.07) is 2.55. The zero-order chi connectivity index (χ0) is 11.4. The molecule has 5 nitrogen and oxygen atoms in total. The Bertz CT molecular complexity index is 451. The van der Waals surface area contributed by atoms with E-state index in [1.165, 1.54) is 10.4 Å². The van der Waals surface area contributed by atoms with Crippen LogP contribution in [0.15, 0.2) is 15.9 Å². The highest BCUT2D eigenvalue weighted by Crippen LogP contribution is 2.17. The molecule has 0 fully saturated rings. The summed E-state index contributed by atoms with van der Waals surface area (Å²) in [5.74, 6) is 0.577. The van der Waals surface area contributed by atoms with Crippen LogP contribution in [0.5, 0.6) is 0 Å². The Balaban J connectivity index is 1.92. The van der Waals surface area contributed by atoms with Crippen LogP contribution in [0.25, 0.3) is 0 Å². The van der Waals surface area contributed by atoms with Crippen LogP contribution >= 0.6 is 11.3 Å². The van der Waals surface area contributed by atoms with Gasteiger partial charge in [-0.05, 0) is 23.9 Å². The second kappa shape index (κ2) is 5.09. The number of aromatic nitrogens is 2. The number of nitrogens with two attached hydrogens (primary N) is 1. The van der Waals surface area contributed by atoms with Crippen LogP contribution in [0.4, 0.5) is 6.01 Å². The van der Waals surface area contributed by atoms with Crippen molar-refractivity contribution in [1.82, 2.24) is 10.2 Å². The van der Waals surface area contributed by atoms with Crippen molar-refractivity contribution in [2.24, 2.45) is 5.73 Å². The molecule has 0 saturated carbocycles. The largest absolute Gasteiger partial charge is 0.408 e. The van der Waals surface area contributed by atoms with Gasteiger partial charge in [0.05, 0.1) is 6.54 Å². The fourth-order valence-corrected chi connectivity index (χ4v) is 2.14. The van der Waals surface area contributed by atoms with Gasteiger partial charge in [0, 0.05) is 17.8 Å². The molecule has 0 atom stereocenters. The number of nitrogens with zero attached hydrogens (tertiary/aromatic N) is 2. The van der Waals surface area contributed by atoms with Gasteiger partial charge in [-0.2, -0.15) is 0 Å². The smallest absolute Gasteiger partial charge is 0.315 e. The van der Waals surface area contributed by atoms with Crippen LogP contribution in [0.3, 0.4) is 0 Å². The summed E-state index contributed by atoms with van der Waals surface area (Å²) in [6.45, 7) is 3.32. The first-order valence-electron chi connectivity index (χ1n) is 5.09. The van der Waals surface area contributed by atoms with E-state index >= 15 is 0 Å². The van der Waals surface area contributed by atoms with Crippen molar-refractivity contribution in [3.8, 4) is 0 Å². The Morgan fingerprint density at radius 3 is 3.06 bits per heavy atom. The molecule has 0 aliphatic heterocycles.